The normalized spacial score (nSPS) is 28.9. The first-order chi connectivity index (χ1) is 6.86. The van der Waals surface area contributed by atoms with Crippen LogP contribution in [0.3, 0.4) is 0 Å². The maximum absolute atomic E-state index is 10.8. The Labute approximate surface area is 83.3 Å². The summed E-state index contributed by atoms with van der Waals surface area (Å²) in [6, 6.07) is 0. The standard InChI is InChI=1S/C12H12O2/c1-14-12-7-6-9(8-13)10-4-2-3-5-11(10)12/h2-10H,1H3. The van der Waals surface area contributed by atoms with Crippen molar-refractivity contribution in [2.24, 2.45) is 11.8 Å². The smallest absolute Gasteiger partial charge is 0.127 e. The average Bonchev–Trinajstić information content (AvgIpc) is 2.27. The molecule has 2 aliphatic rings. The van der Waals surface area contributed by atoms with Crippen molar-refractivity contribution in [2.45, 2.75) is 0 Å². The Bertz CT molecular complexity index is 359. The summed E-state index contributed by atoms with van der Waals surface area (Å²) in [5.74, 6) is 0.955. The number of ether oxygens (including phenoxy) is 1. The van der Waals surface area contributed by atoms with Crippen LogP contribution in [0, 0.1) is 11.8 Å². The van der Waals surface area contributed by atoms with Crippen molar-refractivity contribution in [2.75, 3.05) is 7.11 Å². The molecule has 2 nitrogen and oxygen atoms in total. The molecule has 0 radical (unpaired) electrons. The van der Waals surface area contributed by atoms with E-state index < -0.39 is 0 Å². The molecular formula is C12H12O2. The van der Waals surface area contributed by atoms with Crippen LogP contribution >= 0.6 is 0 Å². The van der Waals surface area contributed by atoms with Crippen molar-refractivity contribution in [3.8, 4) is 0 Å². The number of carbonyl (C=O) groups is 1. The summed E-state index contributed by atoms with van der Waals surface area (Å²) < 4.78 is 5.25. The minimum absolute atomic E-state index is 0.0508. The highest BCUT2D eigenvalue weighted by molar-refractivity contribution is 5.62. The molecule has 0 N–H and O–H groups in total. The number of rotatable bonds is 2. The van der Waals surface area contributed by atoms with Gasteiger partial charge in [0.2, 0.25) is 0 Å². The maximum atomic E-state index is 10.8. The van der Waals surface area contributed by atoms with E-state index in [2.05, 4.69) is 0 Å². The van der Waals surface area contributed by atoms with E-state index in [4.69, 9.17) is 4.74 Å². The molecule has 2 heteroatoms. The summed E-state index contributed by atoms with van der Waals surface area (Å²) in [6.45, 7) is 0. The van der Waals surface area contributed by atoms with E-state index in [1.54, 1.807) is 7.11 Å². The Hall–Kier alpha value is -1.57. The molecule has 2 atom stereocenters. The Morgan fingerprint density at radius 1 is 1.29 bits per heavy atom. The molecule has 0 aromatic carbocycles. The molecule has 14 heavy (non-hydrogen) atoms. The van der Waals surface area contributed by atoms with Gasteiger partial charge in [0.15, 0.2) is 0 Å². The summed E-state index contributed by atoms with van der Waals surface area (Å²) in [6.07, 6.45) is 12.7. The highest BCUT2D eigenvalue weighted by atomic mass is 16.5. The van der Waals surface area contributed by atoms with Gasteiger partial charge in [0.1, 0.15) is 12.0 Å². The molecule has 0 amide bonds. The van der Waals surface area contributed by atoms with E-state index in [1.165, 1.54) is 0 Å². The first-order valence-corrected chi connectivity index (χ1v) is 4.63. The van der Waals surface area contributed by atoms with E-state index >= 15 is 0 Å². The molecule has 0 bridgehead atoms. The zero-order valence-electron chi connectivity index (χ0n) is 8.01. The van der Waals surface area contributed by atoms with Gasteiger partial charge in [0.25, 0.3) is 0 Å². The van der Waals surface area contributed by atoms with E-state index in [-0.39, 0.29) is 11.8 Å². The average molecular weight is 188 g/mol. The van der Waals surface area contributed by atoms with Crippen molar-refractivity contribution in [3.05, 3.63) is 47.8 Å². The van der Waals surface area contributed by atoms with Gasteiger partial charge in [0, 0.05) is 17.4 Å². The van der Waals surface area contributed by atoms with Gasteiger partial charge in [-0.15, -0.1) is 0 Å². The van der Waals surface area contributed by atoms with Crippen molar-refractivity contribution < 1.29 is 9.53 Å². The third-order valence-electron chi connectivity index (χ3n) is 2.61. The summed E-state index contributed by atoms with van der Waals surface area (Å²) in [7, 11) is 1.65. The van der Waals surface area contributed by atoms with Crippen LogP contribution in [0.15, 0.2) is 47.8 Å². The monoisotopic (exact) mass is 188 g/mol. The largest absolute Gasteiger partial charge is 0.496 e. The molecule has 2 aliphatic carbocycles. The quantitative estimate of drug-likeness (QED) is 0.620. The van der Waals surface area contributed by atoms with Crippen LogP contribution in [0.4, 0.5) is 0 Å². The van der Waals surface area contributed by atoms with Gasteiger partial charge in [-0.05, 0) is 6.08 Å². The minimum atomic E-state index is -0.0508. The second-order valence-corrected chi connectivity index (χ2v) is 3.37. The Morgan fingerprint density at radius 3 is 2.86 bits per heavy atom. The van der Waals surface area contributed by atoms with E-state index in [9.17, 15) is 4.79 Å². The van der Waals surface area contributed by atoms with Crippen molar-refractivity contribution in [3.63, 3.8) is 0 Å². The molecule has 0 saturated carbocycles. The number of methoxy groups -OCH3 is 1. The fourth-order valence-corrected chi connectivity index (χ4v) is 1.87. The Morgan fingerprint density at radius 2 is 2.14 bits per heavy atom. The van der Waals surface area contributed by atoms with Gasteiger partial charge < -0.3 is 9.53 Å². The maximum Gasteiger partial charge on any atom is 0.127 e. The van der Waals surface area contributed by atoms with Crippen LogP contribution < -0.4 is 0 Å². The zero-order chi connectivity index (χ0) is 9.97. The van der Waals surface area contributed by atoms with Gasteiger partial charge in [-0.2, -0.15) is 0 Å². The molecule has 0 aromatic rings. The molecule has 2 unspecified atom stereocenters. The van der Waals surface area contributed by atoms with Crippen LogP contribution in [0.2, 0.25) is 0 Å². The molecule has 2 rings (SSSR count). The van der Waals surface area contributed by atoms with Crippen LogP contribution in [-0.2, 0) is 9.53 Å². The predicted molar refractivity (Wildman–Crippen MR) is 54.5 cm³/mol. The highest BCUT2D eigenvalue weighted by Crippen LogP contribution is 2.33. The highest BCUT2D eigenvalue weighted by Gasteiger charge is 2.26. The van der Waals surface area contributed by atoms with Crippen LogP contribution in [0.25, 0.3) is 0 Å². The van der Waals surface area contributed by atoms with Crippen LogP contribution in [0.1, 0.15) is 0 Å². The van der Waals surface area contributed by atoms with Gasteiger partial charge in [0.05, 0.1) is 7.11 Å². The molecule has 0 aliphatic heterocycles. The lowest BCUT2D eigenvalue weighted by Crippen LogP contribution is -2.19. The summed E-state index contributed by atoms with van der Waals surface area (Å²) in [5, 5.41) is 0. The summed E-state index contributed by atoms with van der Waals surface area (Å²) in [5.41, 5.74) is 1.09. The predicted octanol–water partition coefficient (Wildman–Crippen LogP) is 2.01. The molecular weight excluding hydrogens is 176 g/mol. The van der Waals surface area contributed by atoms with E-state index in [0.717, 1.165) is 17.6 Å². The van der Waals surface area contributed by atoms with Crippen LogP contribution in [0.5, 0.6) is 0 Å². The molecule has 0 aromatic heterocycles. The molecule has 0 fully saturated rings. The minimum Gasteiger partial charge on any atom is -0.496 e. The second kappa shape index (κ2) is 3.66. The van der Waals surface area contributed by atoms with E-state index in [0.29, 0.717) is 0 Å². The number of hydrogen-bond acceptors (Lipinski definition) is 2. The van der Waals surface area contributed by atoms with Crippen molar-refractivity contribution >= 4 is 6.29 Å². The summed E-state index contributed by atoms with van der Waals surface area (Å²) in [4.78, 5) is 10.8. The van der Waals surface area contributed by atoms with Gasteiger partial charge in [-0.1, -0.05) is 30.4 Å². The first-order valence-electron chi connectivity index (χ1n) is 4.63. The number of fused-ring (bicyclic) bond motifs is 1. The third-order valence-corrected chi connectivity index (χ3v) is 2.61. The molecule has 72 valence electrons. The van der Waals surface area contributed by atoms with Gasteiger partial charge in [-0.3, -0.25) is 0 Å². The lowest BCUT2D eigenvalue weighted by molar-refractivity contribution is -0.110. The van der Waals surface area contributed by atoms with Crippen LogP contribution in [-0.4, -0.2) is 13.4 Å². The van der Waals surface area contributed by atoms with E-state index in [1.807, 2.05) is 36.5 Å². The fraction of sp³-hybridized carbons (Fsp3) is 0.250. The molecule has 0 saturated heterocycles. The van der Waals surface area contributed by atoms with Gasteiger partial charge >= 0.3 is 0 Å². The second-order valence-electron chi connectivity index (χ2n) is 3.37. The number of allylic oxidation sites excluding steroid dienone is 7. The third kappa shape index (κ3) is 1.33. The Kier molecular flexibility index (Phi) is 2.35. The fourth-order valence-electron chi connectivity index (χ4n) is 1.87. The number of hydrogen-bond donors (Lipinski definition) is 0. The zero-order valence-corrected chi connectivity index (χ0v) is 8.01. The molecule has 0 spiro atoms. The lowest BCUT2D eigenvalue weighted by Gasteiger charge is -2.25. The Balaban J connectivity index is 2.42. The number of aldehydes is 1. The lowest BCUT2D eigenvalue weighted by atomic mass is 9.80. The summed E-state index contributed by atoms with van der Waals surface area (Å²) >= 11 is 0. The molecule has 0 heterocycles. The topological polar surface area (TPSA) is 26.3 Å². The number of carbonyl (C=O) groups excluding carboxylic acids is 1. The van der Waals surface area contributed by atoms with Crippen molar-refractivity contribution in [1.29, 1.82) is 0 Å². The van der Waals surface area contributed by atoms with Gasteiger partial charge in [-0.25, -0.2) is 0 Å². The SMILES string of the molecule is COC1=C2C=CC=CC2C(C=O)C=C1. The van der Waals surface area contributed by atoms with Crippen molar-refractivity contribution in [1.82, 2.24) is 0 Å². The first kappa shape index (κ1) is 9.00.